The van der Waals surface area contributed by atoms with Crippen LogP contribution in [0.25, 0.3) is 11.5 Å². The molecule has 1 N–H and O–H groups in total. The van der Waals surface area contributed by atoms with E-state index in [0.717, 1.165) is 27.9 Å². The predicted molar refractivity (Wildman–Crippen MR) is 104 cm³/mol. The molecule has 0 radical (unpaired) electrons. The van der Waals surface area contributed by atoms with Gasteiger partial charge in [0, 0.05) is 11.3 Å². The van der Waals surface area contributed by atoms with E-state index < -0.39 is 0 Å². The second-order valence-corrected chi connectivity index (χ2v) is 7.55. The summed E-state index contributed by atoms with van der Waals surface area (Å²) in [6.07, 6.45) is 0. The van der Waals surface area contributed by atoms with Crippen molar-refractivity contribution in [2.24, 2.45) is 0 Å². The summed E-state index contributed by atoms with van der Waals surface area (Å²) in [4.78, 5) is 12.5. The normalized spacial score (nSPS) is 12.0. The maximum absolute atomic E-state index is 12.5. The molecule has 0 saturated carbocycles. The third kappa shape index (κ3) is 4.14. The molecule has 1 amide bonds. The molecule has 0 spiro atoms. The number of nitrogens with one attached hydrogen (secondary N) is 1. The average Bonchev–Trinajstić information content (AvgIpc) is 3.06. The van der Waals surface area contributed by atoms with Gasteiger partial charge in [0.2, 0.25) is 11.8 Å². The number of amides is 1. The van der Waals surface area contributed by atoms with Crippen molar-refractivity contribution >= 4 is 23.4 Å². The summed E-state index contributed by atoms with van der Waals surface area (Å²) in [7, 11) is 0. The molecule has 3 aromatic rings. The van der Waals surface area contributed by atoms with E-state index in [1.54, 1.807) is 0 Å². The summed E-state index contributed by atoms with van der Waals surface area (Å²) in [6.45, 7) is 7.79. The molecule has 2 aromatic carbocycles. The lowest BCUT2D eigenvalue weighted by Crippen LogP contribution is -2.23. The van der Waals surface area contributed by atoms with Crippen molar-refractivity contribution in [1.29, 1.82) is 0 Å². The first-order chi connectivity index (χ1) is 12.4. The van der Waals surface area contributed by atoms with Crippen molar-refractivity contribution in [3.8, 4) is 11.5 Å². The van der Waals surface area contributed by atoms with Gasteiger partial charge in [0.1, 0.15) is 0 Å². The monoisotopic (exact) mass is 367 g/mol. The maximum Gasteiger partial charge on any atom is 0.277 e. The van der Waals surface area contributed by atoms with Crippen LogP contribution in [0.2, 0.25) is 0 Å². The molecule has 1 aromatic heterocycles. The minimum atomic E-state index is -0.361. The smallest absolute Gasteiger partial charge is 0.277 e. The maximum atomic E-state index is 12.5. The van der Waals surface area contributed by atoms with E-state index in [2.05, 4.69) is 15.5 Å². The van der Waals surface area contributed by atoms with Crippen molar-refractivity contribution in [2.75, 3.05) is 5.32 Å². The number of thioether (sulfide) groups is 1. The van der Waals surface area contributed by atoms with E-state index in [9.17, 15) is 4.79 Å². The number of carbonyl (C=O) groups excluding carboxylic acids is 1. The number of benzene rings is 2. The second-order valence-electron chi connectivity index (χ2n) is 6.26. The number of aromatic nitrogens is 2. The van der Waals surface area contributed by atoms with Crippen LogP contribution in [-0.4, -0.2) is 21.4 Å². The van der Waals surface area contributed by atoms with Gasteiger partial charge in [0.15, 0.2) is 0 Å². The first-order valence-corrected chi connectivity index (χ1v) is 9.26. The van der Waals surface area contributed by atoms with E-state index in [-0.39, 0.29) is 11.2 Å². The fourth-order valence-electron chi connectivity index (χ4n) is 2.59. The summed E-state index contributed by atoms with van der Waals surface area (Å²) >= 11 is 1.25. The van der Waals surface area contributed by atoms with Crippen LogP contribution >= 0.6 is 11.8 Å². The van der Waals surface area contributed by atoms with Gasteiger partial charge in [-0.15, -0.1) is 10.2 Å². The van der Waals surface area contributed by atoms with Gasteiger partial charge in [-0.3, -0.25) is 4.79 Å². The molecule has 0 aliphatic heterocycles. The highest BCUT2D eigenvalue weighted by atomic mass is 32.2. The number of para-hydroxylation sites is 1. The van der Waals surface area contributed by atoms with Gasteiger partial charge in [-0.2, -0.15) is 0 Å². The largest absolute Gasteiger partial charge is 0.411 e. The van der Waals surface area contributed by atoms with Crippen LogP contribution in [0.5, 0.6) is 0 Å². The summed E-state index contributed by atoms with van der Waals surface area (Å²) in [5.41, 5.74) is 4.93. The Bertz CT molecular complexity index is 916. The van der Waals surface area contributed by atoms with E-state index in [4.69, 9.17) is 4.42 Å². The van der Waals surface area contributed by atoms with E-state index in [0.29, 0.717) is 11.1 Å². The number of hydrogen-bond acceptors (Lipinski definition) is 5. The van der Waals surface area contributed by atoms with Crippen LogP contribution in [0.15, 0.2) is 52.1 Å². The Morgan fingerprint density at radius 1 is 1.08 bits per heavy atom. The van der Waals surface area contributed by atoms with Gasteiger partial charge < -0.3 is 9.73 Å². The highest BCUT2D eigenvalue weighted by Gasteiger charge is 2.20. The van der Waals surface area contributed by atoms with Gasteiger partial charge in [0.25, 0.3) is 5.22 Å². The summed E-state index contributed by atoms with van der Waals surface area (Å²) in [6, 6.07) is 13.8. The standard InChI is InChI=1S/C20H21N3O2S/c1-12-7-5-10-16(11-12)19-22-23-20(25-19)26-15(4)18(24)21-17-13(2)8-6-9-14(17)3/h5-11,15H,1-4H3,(H,21,24)/t15-/m1/s1. The van der Waals surface area contributed by atoms with E-state index in [1.807, 2.05) is 70.2 Å². The third-order valence-electron chi connectivity index (χ3n) is 4.05. The Morgan fingerprint density at radius 3 is 2.46 bits per heavy atom. The molecule has 5 nitrogen and oxygen atoms in total. The predicted octanol–water partition coefficient (Wildman–Crippen LogP) is 4.78. The van der Waals surface area contributed by atoms with Gasteiger partial charge in [-0.05, 0) is 51.0 Å². The molecule has 0 bridgehead atoms. The Hall–Kier alpha value is -2.60. The molecule has 0 aliphatic carbocycles. The van der Waals surface area contributed by atoms with Crippen LogP contribution in [0, 0.1) is 20.8 Å². The lowest BCUT2D eigenvalue weighted by atomic mass is 10.1. The number of carbonyl (C=O) groups is 1. The molecule has 134 valence electrons. The van der Waals surface area contributed by atoms with Crippen LogP contribution in [0.1, 0.15) is 23.6 Å². The van der Waals surface area contributed by atoms with Crippen molar-refractivity contribution < 1.29 is 9.21 Å². The third-order valence-corrected chi connectivity index (χ3v) is 4.98. The molecule has 0 saturated heterocycles. The summed E-state index contributed by atoms with van der Waals surface area (Å²) in [5.74, 6) is 0.362. The van der Waals surface area contributed by atoms with Gasteiger partial charge in [-0.25, -0.2) is 0 Å². The van der Waals surface area contributed by atoms with Crippen molar-refractivity contribution in [2.45, 2.75) is 38.2 Å². The minimum Gasteiger partial charge on any atom is -0.411 e. The number of nitrogens with zero attached hydrogens (tertiary/aromatic N) is 2. The molecule has 0 aliphatic rings. The van der Waals surface area contributed by atoms with Gasteiger partial charge in [-0.1, -0.05) is 47.7 Å². The Morgan fingerprint density at radius 2 is 1.77 bits per heavy atom. The van der Waals surface area contributed by atoms with E-state index in [1.165, 1.54) is 11.8 Å². The fourth-order valence-corrected chi connectivity index (χ4v) is 3.28. The Labute approximate surface area is 157 Å². The minimum absolute atomic E-state index is 0.0947. The zero-order valence-corrected chi connectivity index (χ0v) is 16.1. The quantitative estimate of drug-likeness (QED) is 0.657. The van der Waals surface area contributed by atoms with E-state index >= 15 is 0 Å². The van der Waals surface area contributed by atoms with Crippen molar-refractivity contribution in [1.82, 2.24) is 10.2 Å². The van der Waals surface area contributed by atoms with Gasteiger partial charge >= 0.3 is 0 Å². The Kier molecular flexibility index (Phi) is 5.42. The lowest BCUT2D eigenvalue weighted by Gasteiger charge is -2.14. The van der Waals surface area contributed by atoms with Crippen LogP contribution < -0.4 is 5.32 Å². The van der Waals surface area contributed by atoms with Crippen molar-refractivity contribution in [3.05, 3.63) is 59.2 Å². The number of hydrogen-bond donors (Lipinski definition) is 1. The molecule has 26 heavy (non-hydrogen) atoms. The Balaban J connectivity index is 1.68. The molecule has 1 atom stereocenters. The summed E-state index contributed by atoms with van der Waals surface area (Å²) in [5, 5.41) is 11.1. The number of aryl methyl sites for hydroxylation is 3. The van der Waals surface area contributed by atoms with Crippen LogP contribution in [0.3, 0.4) is 0 Å². The zero-order chi connectivity index (χ0) is 18.7. The second kappa shape index (κ2) is 7.74. The molecular weight excluding hydrogens is 346 g/mol. The van der Waals surface area contributed by atoms with Crippen LogP contribution in [-0.2, 0) is 4.79 Å². The molecule has 0 fully saturated rings. The fraction of sp³-hybridized carbons (Fsp3) is 0.250. The SMILES string of the molecule is Cc1cccc(-c2nnc(S[C@H](C)C(=O)Nc3c(C)cccc3C)o2)c1. The molecule has 6 heteroatoms. The number of anilines is 1. The highest BCUT2D eigenvalue weighted by Crippen LogP contribution is 2.28. The van der Waals surface area contributed by atoms with Crippen molar-refractivity contribution in [3.63, 3.8) is 0 Å². The lowest BCUT2D eigenvalue weighted by molar-refractivity contribution is -0.115. The molecular formula is C20H21N3O2S. The van der Waals surface area contributed by atoms with Gasteiger partial charge in [0.05, 0.1) is 5.25 Å². The van der Waals surface area contributed by atoms with Crippen LogP contribution in [0.4, 0.5) is 5.69 Å². The molecule has 1 heterocycles. The average molecular weight is 367 g/mol. The summed E-state index contributed by atoms with van der Waals surface area (Å²) < 4.78 is 5.70. The first kappa shape index (κ1) is 18.2. The molecule has 0 unspecified atom stereocenters. The highest BCUT2D eigenvalue weighted by molar-refractivity contribution is 8.00. The topological polar surface area (TPSA) is 68.0 Å². The molecule has 3 rings (SSSR count). The zero-order valence-electron chi connectivity index (χ0n) is 15.2. The number of rotatable bonds is 5. The first-order valence-electron chi connectivity index (χ1n) is 8.38.